The van der Waals surface area contributed by atoms with Crippen molar-refractivity contribution in [2.45, 2.75) is 13.5 Å². The normalized spacial score (nSPS) is 10.5. The van der Waals surface area contributed by atoms with Gasteiger partial charge in [-0.05, 0) is 19.1 Å². The van der Waals surface area contributed by atoms with Crippen molar-refractivity contribution in [3.05, 3.63) is 52.9 Å². The molecule has 2 aromatic rings. The molecule has 4 nitrogen and oxygen atoms in total. The van der Waals surface area contributed by atoms with Crippen LogP contribution in [0.1, 0.15) is 21.8 Å². The lowest BCUT2D eigenvalue weighted by atomic mass is 10.2. The third kappa shape index (κ3) is 2.78. The summed E-state index contributed by atoms with van der Waals surface area (Å²) in [4.78, 5) is 13.2. The molecule has 0 saturated heterocycles. The number of rotatable bonds is 3. The van der Waals surface area contributed by atoms with E-state index in [-0.39, 0.29) is 12.1 Å². The Hall–Kier alpha value is -2.24. The number of amides is 1. The Balaban J connectivity index is 2.17. The molecule has 1 aromatic carbocycles. The number of carbonyl (C=O) groups excluding carboxylic acids is 1. The van der Waals surface area contributed by atoms with Crippen LogP contribution in [0.2, 0.25) is 0 Å². The van der Waals surface area contributed by atoms with Crippen LogP contribution < -0.4 is 0 Å². The zero-order valence-electron chi connectivity index (χ0n) is 10.5. The Labute approximate surface area is 108 Å². The summed E-state index contributed by atoms with van der Waals surface area (Å²) < 4.78 is 31.4. The van der Waals surface area contributed by atoms with Gasteiger partial charge >= 0.3 is 0 Å². The topological polar surface area (TPSA) is 46.3 Å². The van der Waals surface area contributed by atoms with Crippen molar-refractivity contribution in [1.82, 2.24) is 10.1 Å². The van der Waals surface area contributed by atoms with Crippen LogP contribution in [0.5, 0.6) is 0 Å². The van der Waals surface area contributed by atoms with Gasteiger partial charge < -0.3 is 9.42 Å². The molecule has 0 radical (unpaired) electrons. The van der Waals surface area contributed by atoms with E-state index in [9.17, 15) is 13.6 Å². The van der Waals surface area contributed by atoms with Crippen molar-refractivity contribution < 1.29 is 18.1 Å². The Morgan fingerprint density at radius 1 is 1.42 bits per heavy atom. The fourth-order valence-corrected chi connectivity index (χ4v) is 1.68. The lowest BCUT2D eigenvalue weighted by Crippen LogP contribution is -2.27. The molecule has 0 aliphatic rings. The predicted molar refractivity (Wildman–Crippen MR) is 63.4 cm³/mol. The molecular formula is C13H12F2N2O2. The number of hydrogen-bond acceptors (Lipinski definition) is 3. The van der Waals surface area contributed by atoms with Crippen LogP contribution in [0, 0.1) is 18.6 Å². The summed E-state index contributed by atoms with van der Waals surface area (Å²) >= 11 is 0. The maximum absolute atomic E-state index is 13.5. The van der Waals surface area contributed by atoms with E-state index in [0.29, 0.717) is 11.5 Å². The first kappa shape index (κ1) is 13.2. The van der Waals surface area contributed by atoms with E-state index in [4.69, 9.17) is 4.52 Å². The van der Waals surface area contributed by atoms with Gasteiger partial charge in [0.05, 0.1) is 12.1 Å². The Morgan fingerprint density at radius 2 is 2.16 bits per heavy atom. The molecule has 0 atom stereocenters. The van der Waals surface area contributed by atoms with Gasteiger partial charge in [0.25, 0.3) is 5.91 Å². The van der Waals surface area contributed by atoms with Crippen molar-refractivity contribution in [3.8, 4) is 0 Å². The van der Waals surface area contributed by atoms with Crippen molar-refractivity contribution in [2.75, 3.05) is 7.05 Å². The zero-order chi connectivity index (χ0) is 14.0. The second kappa shape index (κ2) is 5.17. The SMILES string of the molecule is Cc1cc(CN(C)C(=O)c2cccc(F)c2F)no1. The second-order valence-corrected chi connectivity index (χ2v) is 4.19. The minimum atomic E-state index is -1.14. The second-order valence-electron chi connectivity index (χ2n) is 4.19. The van der Waals surface area contributed by atoms with Gasteiger partial charge in [0, 0.05) is 13.1 Å². The van der Waals surface area contributed by atoms with Crippen LogP contribution in [-0.2, 0) is 6.54 Å². The largest absolute Gasteiger partial charge is 0.361 e. The fourth-order valence-electron chi connectivity index (χ4n) is 1.68. The fraction of sp³-hybridized carbons (Fsp3) is 0.231. The number of hydrogen-bond donors (Lipinski definition) is 0. The summed E-state index contributed by atoms with van der Waals surface area (Å²) in [7, 11) is 1.48. The first-order valence-corrected chi connectivity index (χ1v) is 5.60. The van der Waals surface area contributed by atoms with Gasteiger partial charge in [-0.3, -0.25) is 4.79 Å². The molecule has 0 spiro atoms. The Kier molecular flexibility index (Phi) is 3.59. The first-order chi connectivity index (χ1) is 8.99. The smallest absolute Gasteiger partial charge is 0.257 e. The van der Waals surface area contributed by atoms with Crippen LogP contribution in [0.15, 0.2) is 28.8 Å². The van der Waals surface area contributed by atoms with E-state index >= 15 is 0 Å². The highest BCUT2D eigenvalue weighted by Crippen LogP contribution is 2.14. The van der Waals surface area contributed by atoms with Crippen LogP contribution in [0.25, 0.3) is 0 Å². The van der Waals surface area contributed by atoms with E-state index in [2.05, 4.69) is 5.16 Å². The number of nitrogens with zero attached hydrogens (tertiary/aromatic N) is 2. The number of carbonyl (C=O) groups is 1. The highest BCUT2D eigenvalue weighted by molar-refractivity contribution is 5.94. The highest BCUT2D eigenvalue weighted by Gasteiger charge is 2.19. The summed E-state index contributed by atoms with van der Waals surface area (Å²) in [5.74, 6) is -2.18. The number of aryl methyl sites for hydroxylation is 1. The molecule has 19 heavy (non-hydrogen) atoms. The Bertz CT molecular complexity index is 610. The van der Waals surface area contributed by atoms with Crippen molar-refractivity contribution in [1.29, 1.82) is 0 Å². The molecule has 0 N–H and O–H groups in total. The molecule has 1 heterocycles. The van der Waals surface area contributed by atoms with E-state index in [1.807, 2.05) is 0 Å². The molecule has 0 bridgehead atoms. The van der Waals surface area contributed by atoms with Crippen molar-refractivity contribution in [2.24, 2.45) is 0 Å². The first-order valence-electron chi connectivity index (χ1n) is 5.60. The third-order valence-corrected chi connectivity index (χ3v) is 2.60. The van der Waals surface area contributed by atoms with Crippen LogP contribution in [-0.4, -0.2) is 23.0 Å². The summed E-state index contributed by atoms with van der Waals surface area (Å²) in [6.07, 6.45) is 0. The standard InChI is InChI=1S/C13H12F2N2O2/c1-8-6-9(16-19-8)7-17(2)13(18)10-4-3-5-11(14)12(10)15/h3-6H,7H2,1-2H3. The number of halogens is 2. The van der Waals surface area contributed by atoms with Gasteiger partial charge in [-0.15, -0.1) is 0 Å². The molecule has 0 unspecified atom stereocenters. The highest BCUT2D eigenvalue weighted by atomic mass is 19.2. The summed E-state index contributed by atoms with van der Waals surface area (Å²) in [6.45, 7) is 1.89. The summed E-state index contributed by atoms with van der Waals surface area (Å²) in [5, 5.41) is 3.74. The van der Waals surface area contributed by atoms with Gasteiger partial charge in [0.15, 0.2) is 11.6 Å². The third-order valence-electron chi connectivity index (χ3n) is 2.60. The predicted octanol–water partition coefficient (Wildman–Crippen LogP) is 2.53. The van der Waals surface area contributed by atoms with E-state index < -0.39 is 17.5 Å². The molecule has 1 aromatic heterocycles. The molecule has 100 valence electrons. The van der Waals surface area contributed by atoms with E-state index in [1.165, 1.54) is 24.1 Å². The molecular weight excluding hydrogens is 254 g/mol. The lowest BCUT2D eigenvalue weighted by Gasteiger charge is -2.15. The molecule has 2 rings (SSSR count). The molecule has 1 amide bonds. The molecule has 0 saturated carbocycles. The van der Waals surface area contributed by atoms with Crippen molar-refractivity contribution in [3.63, 3.8) is 0 Å². The molecule has 0 fully saturated rings. The van der Waals surface area contributed by atoms with Crippen LogP contribution in [0.3, 0.4) is 0 Å². The minimum absolute atomic E-state index is 0.159. The molecule has 0 aliphatic carbocycles. The monoisotopic (exact) mass is 266 g/mol. The maximum Gasteiger partial charge on any atom is 0.257 e. The molecule has 6 heteroatoms. The van der Waals surface area contributed by atoms with Gasteiger partial charge in [-0.2, -0.15) is 0 Å². The van der Waals surface area contributed by atoms with Crippen LogP contribution in [0.4, 0.5) is 8.78 Å². The lowest BCUT2D eigenvalue weighted by molar-refractivity contribution is 0.0776. The average molecular weight is 266 g/mol. The zero-order valence-corrected chi connectivity index (χ0v) is 10.5. The number of aromatic nitrogens is 1. The maximum atomic E-state index is 13.5. The number of benzene rings is 1. The average Bonchev–Trinajstić information content (AvgIpc) is 2.77. The van der Waals surface area contributed by atoms with Gasteiger partial charge in [0.2, 0.25) is 0 Å². The van der Waals surface area contributed by atoms with Gasteiger partial charge in [-0.1, -0.05) is 11.2 Å². The molecule has 0 aliphatic heterocycles. The van der Waals surface area contributed by atoms with E-state index in [1.54, 1.807) is 13.0 Å². The minimum Gasteiger partial charge on any atom is -0.361 e. The Morgan fingerprint density at radius 3 is 2.79 bits per heavy atom. The van der Waals surface area contributed by atoms with E-state index in [0.717, 1.165) is 6.07 Å². The van der Waals surface area contributed by atoms with Crippen LogP contribution >= 0.6 is 0 Å². The summed E-state index contributed by atoms with van der Waals surface area (Å²) in [6, 6.07) is 5.17. The summed E-state index contributed by atoms with van der Waals surface area (Å²) in [5.41, 5.74) is 0.243. The quantitative estimate of drug-likeness (QED) is 0.857. The van der Waals surface area contributed by atoms with Gasteiger partial charge in [-0.25, -0.2) is 8.78 Å². The van der Waals surface area contributed by atoms with Gasteiger partial charge in [0.1, 0.15) is 11.5 Å². The van der Waals surface area contributed by atoms with Crippen molar-refractivity contribution >= 4 is 5.91 Å².